The van der Waals surface area contributed by atoms with Crippen LogP contribution in [0.4, 0.5) is 5.82 Å². The molecule has 2 saturated heterocycles. The van der Waals surface area contributed by atoms with Gasteiger partial charge >= 0.3 is 0 Å². The summed E-state index contributed by atoms with van der Waals surface area (Å²) in [5.74, 6) is -0.433. The minimum Gasteiger partial charge on any atom is -0.382 e. The predicted molar refractivity (Wildman–Crippen MR) is 108 cm³/mol. The van der Waals surface area contributed by atoms with Crippen molar-refractivity contribution in [2.24, 2.45) is 0 Å². The normalized spacial score (nSPS) is 26.7. The molecule has 0 amide bonds. The molecule has 10 nitrogen and oxygen atoms in total. The summed E-state index contributed by atoms with van der Waals surface area (Å²) in [4.78, 5) is 12.6. The molecule has 5 rings (SSSR count). The van der Waals surface area contributed by atoms with Gasteiger partial charge in [0.1, 0.15) is 30.2 Å². The summed E-state index contributed by atoms with van der Waals surface area (Å²) in [6.07, 6.45) is 1.54. The van der Waals surface area contributed by atoms with Crippen LogP contribution < -0.4 is 5.73 Å². The average Bonchev–Trinajstić information content (AvgIpc) is 3.41. The maximum atomic E-state index is 8.92. The lowest BCUT2D eigenvalue weighted by molar-refractivity contribution is -0.202. The summed E-state index contributed by atoms with van der Waals surface area (Å²) in [5.41, 5.74) is 8.60. The largest absolute Gasteiger partial charge is 0.382 e. The van der Waals surface area contributed by atoms with Gasteiger partial charge in [-0.05, 0) is 31.5 Å². The number of anilines is 1. The molecule has 4 heterocycles. The van der Waals surface area contributed by atoms with Crippen molar-refractivity contribution in [3.05, 3.63) is 48.0 Å². The molecule has 2 aliphatic rings. The standard InChI is InChI=1S/C21H22N6O4/c1-21(2)30-16-14(9-28-8-13-5-3-12(7-22)4-6-13)29-20(17(16)31-21)27-11-26-15-18(23)24-10-25-19(15)27/h3-6,10-11,14,16-17,20H,8-9H2,1-2H3,(H2,23,24,25)/t14-,16?,17+,20-/m1/s1. The third-order valence-corrected chi connectivity index (χ3v) is 5.42. The lowest BCUT2D eigenvalue weighted by Gasteiger charge is -2.24. The molecule has 10 heteroatoms. The van der Waals surface area contributed by atoms with E-state index < -0.39 is 12.0 Å². The number of benzene rings is 1. The first-order valence-corrected chi connectivity index (χ1v) is 9.96. The Labute approximate surface area is 178 Å². The van der Waals surface area contributed by atoms with E-state index in [2.05, 4.69) is 21.0 Å². The van der Waals surface area contributed by atoms with Crippen molar-refractivity contribution in [2.75, 3.05) is 12.3 Å². The summed E-state index contributed by atoms with van der Waals surface area (Å²) < 4.78 is 26.3. The Bertz CT molecular complexity index is 1140. The number of nitriles is 1. The quantitative estimate of drug-likeness (QED) is 0.655. The first kappa shape index (κ1) is 19.8. The molecule has 0 bridgehead atoms. The molecular weight excluding hydrogens is 400 g/mol. The zero-order valence-electron chi connectivity index (χ0n) is 17.1. The number of hydrogen-bond donors (Lipinski definition) is 1. The highest BCUT2D eigenvalue weighted by Gasteiger charge is 2.56. The van der Waals surface area contributed by atoms with E-state index in [0.717, 1.165) is 5.56 Å². The van der Waals surface area contributed by atoms with Gasteiger partial charge in [0, 0.05) is 0 Å². The van der Waals surface area contributed by atoms with Crippen molar-refractivity contribution in [1.29, 1.82) is 5.26 Å². The molecule has 0 saturated carbocycles. The average molecular weight is 422 g/mol. The van der Waals surface area contributed by atoms with Gasteiger partial charge in [-0.1, -0.05) is 12.1 Å². The monoisotopic (exact) mass is 422 g/mol. The fourth-order valence-electron chi connectivity index (χ4n) is 4.04. The van der Waals surface area contributed by atoms with Gasteiger partial charge < -0.3 is 24.7 Å². The van der Waals surface area contributed by atoms with Gasteiger partial charge in [-0.15, -0.1) is 0 Å². The second-order valence-corrected chi connectivity index (χ2v) is 8.04. The zero-order chi connectivity index (χ0) is 21.6. The van der Waals surface area contributed by atoms with E-state index in [9.17, 15) is 0 Å². The summed E-state index contributed by atoms with van der Waals surface area (Å²) in [6.45, 7) is 4.48. The molecule has 3 aromatic rings. The van der Waals surface area contributed by atoms with E-state index in [0.29, 0.717) is 35.8 Å². The number of nitrogens with zero attached hydrogens (tertiary/aromatic N) is 5. The van der Waals surface area contributed by atoms with Gasteiger partial charge in [0.25, 0.3) is 0 Å². The van der Waals surface area contributed by atoms with Gasteiger partial charge in [0.15, 0.2) is 23.5 Å². The fraction of sp³-hybridized carbons (Fsp3) is 0.429. The second kappa shape index (κ2) is 7.55. The second-order valence-electron chi connectivity index (χ2n) is 8.04. The van der Waals surface area contributed by atoms with Gasteiger partial charge in [-0.2, -0.15) is 5.26 Å². The van der Waals surface area contributed by atoms with E-state index in [1.807, 2.05) is 26.0 Å². The number of ether oxygens (including phenoxy) is 4. The van der Waals surface area contributed by atoms with Crippen molar-refractivity contribution in [3.8, 4) is 6.07 Å². The first-order chi connectivity index (χ1) is 14.9. The minimum atomic E-state index is -0.743. The summed E-state index contributed by atoms with van der Waals surface area (Å²) in [6, 6.07) is 9.39. The SMILES string of the molecule is CC1(C)OC2[C@@H](COCc3ccc(C#N)cc3)O[C@@H](n3cnc4c(N)ncnc43)[C@H]2O1. The third kappa shape index (κ3) is 3.62. The Balaban J connectivity index is 1.34. The zero-order valence-corrected chi connectivity index (χ0v) is 17.1. The van der Waals surface area contributed by atoms with Crippen LogP contribution in [0.1, 0.15) is 31.2 Å². The molecule has 2 fully saturated rings. The van der Waals surface area contributed by atoms with Crippen LogP contribution in [0.3, 0.4) is 0 Å². The Kier molecular flexibility index (Phi) is 4.83. The molecule has 2 N–H and O–H groups in total. The van der Waals surface area contributed by atoms with Crippen LogP contribution in [0, 0.1) is 11.3 Å². The maximum absolute atomic E-state index is 8.92. The predicted octanol–water partition coefficient (Wildman–Crippen LogP) is 1.91. The number of fused-ring (bicyclic) bond motifs is 2. The van der Waals surface area contributed by atoms with Crippen LogP contribution in [-0.4, -0.2) is 50.2 Å². The molecule has 0 spiro atoms. The maximum Gasteiger partial charge on any atom is 0.167 e. The van der Waals surface area contributed by atoms with E-state index >= 15 is 0 Å². The number of hydrogen-bond acceptors (Lipinski definition) is 9. The van der Waals surface area contributed by atoms with Gasteiger partial charge in [-0.25, -0.2) is 15.0 Å². The Morgan fingerprint density at radius 2 is 1.94 bits per heavy atom. The molecule has 0 aliphatic carbocycles. The van der Waals surface area contributed by atoms with Crippen molar-refractivity contribution in [2.45, 2.75) is 50.8 Å². The van der Waals surface area contributed by atoms with Crippen LogP contribution in [-0.2, 0) is 25.6 Å². The fourth-order valence-corrected chi connectivity index (χ4v) is 4.04. The highest BCUT2D eigenvalue weighted by Crippen LogP contribution is 2.43. The minimum absolute atomic E-state index is 0.308. The number of imidazole rings is 1. The molecule has 0 radical (unpaired) electrons. The summed E-state index contributed by atoms with van der Waals surface area (Å²) in [5, 5.41) is 8.92. The summed E-state index contributed by atoms with van der Waals surface area (Å²) in [7, 11) is 0. The van der Waals surface area contributed by atoms with Crippen LogP contribution in [0.2, 0.25) is 0 Å². The van der Waals surface area contributed by atoms with Crippen molar-refractivity contribution < 1.29 is 18.9 Å². The molecular formula is C21H22N6O4. The van der Waals surface area contributed by atoms with E-state index in [1.165, 1.54) is 6.33 Å². The number of nitrogen functional groups attached to an aromatic ring is 1. The van der Waals surface area contributed by atoms with E-state index in [-0.39, 0.29) is 18.3 Å². The topological polar surface area (TPSA) is 130 Å². The van der Waals surface area contributed by atoms with Gasteiger partial charge in [-0.3, -0.25) is 4.57 Å². The molecule has 1 unspecified atom stereocenters. The molecule has 2 aliphatic heterocycles. The van der Waals surface area contributed by atoms with Gasteiger partial charge in [0.2, 0.25) is 0 Å². The first-order valence-electron chi connectivity index (χ1n) is 9.96. The smallest absolute Gasteiger partial charge is 0.167 e. The summed E-state index contributed by atoms with van der Waals surface area (Å²) >= 11 is 0. The van der Waals surface area contributed by atoms with Crippen molar-refractivity contribution in [1.82, 2.24) is 19.5 Å². The number of aromatic nitrogens is 4. The van der Waals surface area contributed by atoms with Crippen LogP contribution in [0.15, 0.2) is 36.9 Å². The Hall–Kier alpha value is -3.10. The lowest BCUT2D eigenvalue weighted by Crippen LogP contribution is -2.32. The third-order valence-electron chi connectivity index (χ3n) is 5.42. The Morgan fingerprint density at radius 3 is 2.71 bits per heavy atom. The molecule has 1 aromatic carbocycles. The van der Waals surface area contributed by atoms with Crippen molar-refractivity contribution >= 4 is 17.0 Å². The highest BCUT2D eigenvalue weighted by molar-refractivity contribution is 5.81. The van der Waals surface area contributed by atoms with Gasteiger partial charge in [0.05, 0.1) is 31.2 Å². The van der Waals surface area contributed by atoms with E-state index in [1.54, 1.807) is 23.0 Å². The number of nitrogens with two attached hydrogens (primary N) is 1. The Morgan fingerprint density at radius 1 is 1.16 bits per heavy atom. The number of rotatable bonds is 5. The molecule has 160 valence electrons. The van der Waals surface area contributed by atoms with Crippen molar-refractivity contribution in [3.63, 3.8) is 0 Å². The molecule has 2 aromatic heterocycles. The van der Waals surface area contributed by atoms with Crippen LogP contribution in [0.25, 0.3) is 11.2 Å². The molecule has 31 heavy (non-hydrogen) atoms. The van der Waals surface area contributed by atoms with Crippen LogP contribution >= 0.6 is 0 Å². The molecule has 4 atom stereocenters. The van der Waals surface area contributed by atoms with Crippen LogP contribution in [0.5, 0.6) is 0 Å². The van der Waals surface area contributed by atoms with E-state index in [4.69, 9.17) is 29.9 Å². The highest BCUT2D eigenvalue weighted by atomic mass is 16.8. The lowest BCUT2D eigenvalue weighted by atomic mass is 10.1.